The van der Waals surface area contributed by atoms with E-state index in [0.717, 1.165) is 28.7 Å². The van der Waals surface area contributed by atoms with Gasteiger partial charge in [0.15, 0.2) is 0 Å². The van der Waals surface area contributed by atoms with Crippen LogP contribution in [0.2, 0.25) is 5.02 Å². The molecule has 3 heterocycles. The third-order valence-corrected chi connectivity index (χ3v) is 5.12. The number of amides is 1. The Morgan fingerprint density at radius 2 is 2.09 bits per heavy atom. The van der Waals surface area contributed by atoms with Crippen molar-refractivity contribution >= 4 is 28.8 Å². The number of thiazole rings is 1. The van der Waals surface area contributed by atoms with E-state index in [1.54, 1.807) is 17.8 Å². The van der Waals surface area contributed by atoms with Crippen LogP contribution in [0.4, 0.5) is 0 Å². The average molecular weight is 345 g/mol. The normalized spacial score (nSPS) is 14.7. The second-order valence-electron chi connectivity index (χ2n) is 5.48. The van der Waals surface area contributed by atoms with Gasteiger partial charge in [-0.25, -0.2) is 4.98 Å². The molecule has 0 bridgehead atoms. The molecule has 23 heavy (non-hydrogen) atoms. The van der Waals surface area contributed by atoms with Crippen molar-refractivity contribution < 1.29 is 4.79 Å². The van der Waals surface area contributed by atoms with Crippen molar-refractivity contribution in [2.45, 2.75) is 5.92 Å². The number of aromatic nitrogens is 3. The lowest BCUT2D eigenvalue weighted by Gasteiger charge is -2.39. The molecule has 5 nitrogen and oxygen atoms in total. The van der Waals surface area contributed by atoms with Gasteiger partial charge in [-0.1, -0.05) is 23.7 Å². The summed E-state index contributed by atoms with van der Waals surface area (Å²) in [6.07, 6.45) is 3.47. The molecule has 0 saturated carbocycles. The second-order valence-corrected chi connectivity index (χ2v) is 6.78. The van der Waals surface area contributed by atoms with Gasteiger partial charge in [-0.3, -0.25) is 9.89 Å². The number of nitrogens with zero attached hydrogens (tertiary/aromatic N) is 3. The highest BCUT2D eigenvalue weighted by Gasteiger charge is 2.33. The van der Waals surface area contributed by atoms with Crippen molar-refractivity contribution in [1.82, 2.24) is 20.1 Å². The molecule has 1 amide bonds. The van der Waals surface area contributed by atoms with Crippen LogP contribution in [0.3, 0.4) is 0 Å². The summed E-state index contributed by atoms with van der Waals surface area (Å²) in [5.74, 6) is 0.365. The van der Waals surface area contributed by atoms with Crippen molar-refractivity contribution in [3.63, 3.8) is 0 Å². The van der Waals surface area contributed by atoms with Gasteiger partial charge in [0.2, 0.25) is 0 Å². The fourth-order valence-corrected chi connectivity index (χ4v) is 3.53. The molecule has 116 valence electrons. The Morgan fingerprint density at radius 3 is 2.78 bits per heavy atom. The molecule has 1 fully saturated rings. The van der Waals surface area contributed by atoms with Gasteiger partial charge >= 0.3 is 0 Å². The Kier molecular flexibility index (Phi) is 3.63. The average Bonchev–Trinajstić information content (AvgIpc) is 3.18. The highest BCUT2D eigenvalue weighted by atomic mass is 35.5. The zero-order chi connectivity index (χ0) is 15.8. The molecular formula is C16H13ClN4OS. The molecule has 3 aromatic rings. The minimum Gasteiger partial charge on any atom is -0.336 e. The van der Waals surface area contributed by atoms with Gasteiger partial charge in [-0.05, 0) is 17.7 Å². The molecule has 2 aromatic heterocycles. The number of hydrogen-bond donors (Lipinski definition) is 1. The molecular weight excluding hydrogens is 332 g/mol. The molecule has 7 heteroatoms. The molecule has 0 atom stereocenters. The van der Waals surface area contributed by atoms with Crippen LogP contribution < -0.4 is 0 Å². The van der Waals surface area contributed by atoms with Crippen LogP contribution in [0.5, 0.6) is 0 Å². The summed E-state index contributed by atoms with van der Waals surface area (Å²) in [4.78, 5) is 18.7. The van der Waals surface area contributed by atoms with Crippen LogP contribution in [-0.4, -0.2) is 39.1 Å². The van der Waals surface area contributed by atoms with Gasteiger partial charge in [0.05, 0.1) is 6.20 Å². The highest BCUT2D eigenvalue weighted by Crippen LogP contribution is 2.30. The topological polar surface area (TPSA) is 61.9 Å². The lowest BCUT2D eigenvalue weighted by Crippen LogP contribution is -2.48. The summed E-state index contributed by atoms with van der Waals surface area (Å²) in [5.41, 5.74) is 2.62. The molecule has 0 unspecified atom stereocenters. The first-order valence-electron chi connectivity index (χ1n) is 7.20. The highest BCUT2D eigenvalue weighted by molar-refractivity contribution is 7.13. The first-order chi connectivity index (χ1) is 11.2. The number of aromatic amines is 1. The van der Waals surface area contributed by atoms with Crippen molar-refractivity contribution in [3.8, 4) is 10.6 Å². The fourth-order valence-electron chi connectivity index (χ4n) is 2.62. The molecule has 1 aliphatic heterocycles. The van der Waals surface area contributed by atoms with Crippen molar-refractivity contribution in [1.29, 1.82) is 0 Å². The smallest absolute Gasteiger partial charge is 0.273 e. The number of H-pyrrole nitrogens is 1. The summed E-state index contributed by atoms with van der Waals surface area (Å²) in [6.45, 7) is 1.44. The lowest BCUT2D eigenvalue weighted by molar-refractivity contribution is 0.0597. The van der Waals surface area contributed by atoms with Crippen molar-refractivity contribution in [2.24, 2.45) is 0 Å². The summed E-state index contributed by atoms with van der Waals surface area (Å²) >= 11 is 7.36. The molecule has 0 aliphatic carbocycles. The van der Waals surface area contributed by atoms with Crippen LogP contribution in [0.25, 0.3) is 10.6 Å². The van der Waals surface area contributed by atoms with Gasteiger partial charge in [0.25, 0.3) is 5.91 Å². The number of halogens is 1. The first kappa shape index (κ1) is 14.4. The van der Waals surface area contributed by atoms with Crippen LogP contribution in [0.15, 0.2) is 42.0 Å². The standard InChI is InChI=1S/C16H13ClN4OS/c17-13-3-1-10(2-4-13)12-7-21(8-12)16(22)14-9-23-15(20-14)11-5-18-19-6-11/h1-6,9,12H,7-8H2,(H,18,19). The van der Waals surface area contributed by atoms with Crippen molar-refractivity contribution in [3.05, 3.63) is 58.3 Å². The molecule has 4 rings (SSSR count). The number of hydrogen-bond acceptors (Lipinski definition) is 4. The third kappa shape index (κ3) is 2.75. The fraction of sp³-hybridized carbons (Fsp3) is 0.188. The van der Waals surface area contributed by atoms with Crippen LogP contribution in [0, 0.1) is 0 Å². The van der Waals surface area contributed by atoms with Gasteiger partial charge in [-0.15, -0.1) is 11.3 Å². The Morgan fingerprint density at radius 1 is 1.30 bits per heavy atom. The Hall–Kier alpha value is -2.18. The monoisotopic (exact) mass is 344 g/mol. The predicted molar refractivity (Wildman–Crippen MR) is 89.8 cm³/mol. The van der Waals surface area contributed by atoms with Crippen LogP contribution >= 0.6 is 22.9 Å². The number of benzene rings is 1. The van der Waals surface area contributed by atoms with E-state index in [1.807, 2.05) is 29.2 Å². The molecule has 1 aliphatic rings. The number of nitrogens with one attached hydrogen (secondary N) is 1. The summed E-state index contributed by atoms with van der Waals surface area (Å²) in [5, 5.41) is 9.99. The van der Waals surface area contributed by atoms with E-state index < -0.39 is 0 Å². The largest absolute Gasteiger partial charge is 0.336 e. The lowest BCUT2D eigenvalue weighted by atomic mass is 9.91. The first-order valence-corrected chi connectivity index (χ1v) is 8.46. The van der Waals surface area contributed by atoms with Crippen LogP contribution in [0.1, 0.15) is 22.0 Å². The van der Waals surface area contributed by atoms with E-state index in [2.05, 4.69) is 15.2 Å². The zero-order valence-corrected chi connectivity index (χ0v) is 13.6. The third-order valence-electron chi connectivity index (χ3n) is 3.98. The van der Waals surface area contributed by atoms with E-state index in [1.165, 1.54) is 16.9 Å². The second kappa shape index (κ2) is 5.79. The summed E-state index contributed by atoms with van der Waals surface area (Å²) in [6, 6.07) is 7.82. The van der Waals surface area contributed by atoms with Gasteiger partial charge in [0.1, 0.15) is 10.7 Å². The van der Waals surface area contributed by atoms with Crippen LogP contribution in [-0.2, 0) is 0 Å². The SMILES string of the molecule is O=C(c1csc(-c2cn[nH]c2)n1)N1CC(c2ccc(Cl)cc2)C1. The molecule has 0 radical (unpaired) electrons. The maximum atomic E-state index is 12.5. The Bertz CT molecular complexity index is 822. The summed E-state index contributed by atoms with van der Waals surface area (Å²) < 4.78 is 0. The molecule has 1 saturated heterocycles. The zero-order valence-electron chi connectivity index (χ0n) is 12.1. The molecule has 0 spiro atoms. The minimum absolute atomic E-state index is 0.0128. The number of rotatable bonds is 3. The maximum Gasteiger partial charge on any atom is 0.273 e. The van der Waals surface area contributed by atoms with E-state index >= 15 is 0 Å². The quantitative estimate of drug-likeness (QED) is 0.791. The van der Waals surface area contributed by atoms with Gasteiger partial charge < -0.3 is 4.90 Å². The van der Waals surface area contributed by atoms with Gasteiger partial charge in [-0.2, -0.15) is 5.10 Å². The minimum atomic E-state index is -0.0128. The Labute approximate surface area is 141 Å². The molecule has 1 N–H and O–H groups in total. The Balaban J connectivity index is 1.42. The summed E-state index contributed by atoms with van der Waals surface area (Å²) in [7, 11) is 0. The maximum absolute atomic E-state index is 12.5. The van der Waals surface area contributed by atoms with E-state index in [0.29, 0.717) is 11.6 Å². The predicted octanol–water partition coefficient (Wildman–Crippen LogP) is 3.43. The number of carbonyl (C=O) groups excluding carboxylic acids is 1. The van der Waals surface area contributed by atoms with E-state index in [9.17, 15) is 4.79 Å². The van der Waals surface area contributed by atoms with E-state index in [4.69, 9.17) is 11.6 Å². The number of likely N-dealkylation sites (tertiary alicyclic amines) is 1. The molecule has 1 aromatic carbocycles. The van der Waals surface area contributed by atoms with Gasteiger partial charge in [0, 0.05) is 41.2 Å². The van der Waals surface area contributed by atoms with Crippen molar-refractivity contribution in [2.75, 3.05) is 13.1 Å². The number of carbonyl (C=O) groups is 1. The van der Waals surface area contributed by atoms with E-state index in [-0.39, 0.29) is 5.91 Å².